The number of nitrogens with zero attached hydrogens (tertiary/aromatic N) is 4. The van der Waals surface area contributed by atoms with Crippen molar-refractivity contribution in [3.63, 3.8) is 0 Å². The Morgan fingerprint density at radius 2 is 1.15 bits per heavy atom. The van der Waals surface area contributed by atoms with Gasteiger partial charge in [-0.05, 0) is 98.6 Å². The van der Waals surface area contributed by atoms with Crippen molar-refractivity contribution in [2.45, 2.75) is 6.17 Å². The Morgan fingerprint density at radius 1 is 0.492 bits per heavy atom. The molecule has 10 aromatic rings. The van der Waals surface area contributed by atoms with Gasteiger partial charge in [-0.15, -0.1) is 0 Å². The van der Waals surface area contributed by atoms with E-state index in [1.165, 1.54) is 31.5 Å². The molecule has 59 heavy (non-hydrogen) atoms. The Morgan fingerprint density at radius 3 is 1.86 bits per heavy atom. The zero-order chi connectivity index (χ0) is 39.3. The lowest BCUT2D eigenvalue weighted by atomic mass is 9.98. The molecule has 0 aliphatic carbocycles. The van der Waals surface area contributed by atoms with Gasteiger partial charge in [0.15, 0.2) is 14.2 Å². The standard InChI is InChI=1S/C53H37FN4Si/c54-52(38-18-16-17-37(35-38)44-26-12-14-33-55-44)39-29-32-49-48(36-39)58(50-28-13-15-34-56-50)47-31-30-46-51(43-25-10-11-27-45(43)57(46)40-19-4-1-5-20-40)53(47)59(49,41-21-6-2-7-22-41)42-23-8-3-9-24-42/h1-36,52H. The Kier molecular flexibility index (Phi) is 8.38. The molecular formula is C53H37FN4Si. The molecule has 7 aromatic carbocycles. The average molecular weight is 777 g/mol. The lowest BCUT2D eigenvalue weighted by Crippen LogP contribution is -2.77. The minimum atomic E-state index is -3.22. The van der Waals surface area contributed by atoms with Crippen molar-refractivity contribution in [1.29, 1.82) is 0 Å². The molecule has 3 aromatic heterocycles. The predicted molar refractivity (Wildman–Crippen MR) is 243 cm³/mol. The van der Waals surface area contributed by atoms with Crippen LogP contribution in [0.3, 0.4) is 0 Å². The van der Waals surface area contributed by atoms with E-state index in [1.807, 2.05) is 66.9 Å². The molecule has 1 atom stereocenters. The number of anilines is 3. The van der Waals surface area contributed by atoms with E-state index in [2.05, 4.69) is 160 Å². The first kappa shape index (κ1) is 34.8. The maximum absolute atomic E-state index is 17.3. The van der Waals surface area contributed by atoms with Gasteiger partial charge < -0.3 is 4.57 Å². The molecule has 0 spiro atoms. The van der Waals surface area contributed by atoms with Crippen LogP contribution in [0, 0.1) is 0 Å². The number of benzene rings is 7. The smallest absolute Gasteiger partial charge is 0.184 e. The summed E-state index contributed by atoms with van der Waals surface area (Å²) >= 11 is 0. The van der Waals surface area contributed by atoms with Gasteiger partial charge in [-0.1, -0.05) is 140 Å². The average Bonchev–Trinajstić information content (AvgIpc) is 3.66. The summed E-state index contributed by atoms with van der Waals surface area (Å²) in [6.45, 7) is 0. The third kappa shape index (κ3) is 5.48. The van der Waals surface area contributed by atoms with E-state index in [0.29, 0.717) is 11.1 Å². The number of aromatic nitrogens is 3. The molecule has 0 fully saturated rings. The van der Waals surface area contributed by atoms with Crippen LogP contribution in [0.5, 0.6) is 0 Å². The topological polar surface area (TPSA) is 34.0 Å². The molecular weight excluding hydrogens is 740 g/mol. The molecule has 11 rings (SSSR count). The molecule has 4 heterocycles. The zero-order valence-corrected chi connectivity index (χ0v) is 33.0. The van der Waals surface area contributed by atoms with Crippen LogP contribution in [-0.4, -0.2) is 22.6 Å². The molecule has 0 saturated heterocycles. The first-order valence-electron chi connectivity index (χ1n) is 20.0. The fourth-order valence-electron chi connectivity index (χ4n) is 9.40. The molecule has 4 nitrogen and oxygen atoms in total. The minimum Gasteiger partial charge on any atom is -0.309 e. The minimum absolute atomic E-state index is 0.581. The van der Waals surface area contributed by atoms with Crippen molar-refractivity contribution in [2.75, 3.05) is 4.90 Å². The van der Waals surface area contributed by atoms with Gasteiger partial charge in [-0.3, -0.25) is 9.88 Å². The SMILES string of the molecule is FC(c1cccc(-c2ccccn2)c1)c1ccc2c(c1)N(c1ccccn1)c1ccc3c(c1[Si]2(c1ccccc1)c1ccccc1)c1ccccc1n3-c1ccccc1. The van der Waals surface area contributed by atoms with Gasteiger partial charge in [0.2, 0.25) is 0 Å². The highest BCUT2D eigenvalue weighted by Gasteiger charge is 2.51. The first-order chi connectivity index (χ1) is 29.2. The second-order valence-corrected chi connectivity index (χ2v) is 18.7. The molecule has 0 bridgehead atoms. The van der Waals surface area contributed by atoms with Crippen LogP contribution in [-0.2, 0) is 0 Å². The molecule has 0 saturated carbocycles. The molecule has 0 amide bonds. The number of fused-ring (bicyclic) bond motifs is 6. The van der Waals surface area contributed by atoms with Crippen LogP contribution in [0.2, 0.25) is 0 Å². The molecule has 1 aliphatic heterocycles. The van der Waals surface area contributed by atoms with Crippen molar-refractivity contribution in [3.05, 3.63) is 230 Å². The highest BCUT2D eigenvalue weighted by atomic mass is 28.3. The lowest BCUT2D eigenvalue weighted by Gasteiger charge is -2.45. The molecule has 0 radical (unpaired) electrons. The number of hydrogen-bond acceptors (Lipinski definition) is 3. The quantitative estimate of drug-likeness (QED) is 0.151. The fourth-order valence-corrected chi connectivity index (χ4v) is 14.7. The van der Waals surface area contributed by atoms with Crippen LogP contribution in [0.4, 0.5) is 21.6 Å². The molecule has 1 unspecified atom stereocenters. The van der Waals surface area contributed by atoms with E-state index in [0.717, 1.165) is 45.2 Å². The summed E-state index contributed by atoms with van der Waals surface area (Å²) in [4.78, 5) is 11.8. The maximum Gasteiger partial charge on any atom is 0.184 e. The largest absolute Gasteiger partial charge is 0.309 e. The number of alkyl halides is 1. The highest BCUT2D eigenvalue weighted by Crippen LogP contribution is 2.43. The van der Waals surface area contributed by atoms with Crippen LogP contribution >= 0.6 is 0 Å². The van der Waals surface area contributed by atoms with Gasteiger partial charge in [0, 0.05) is 45.8 Å². The van der Waals surface area contributed by atoms with E-state index >= 15 is 4.39 Å². The van der Waals surface area contributed by atoms with Gasteiger partial charge in [0.25, 0.3) is 0 Å². The maximum atomic E-state index is 17.3. The number of rotatable bonds is 7. The normalized spacial score (nSPS) is 13.5. The fraction of sp³-hybridized carbons (Fsp3) is 0.0189. The second kappa shape index (κ2) is 14.2. The molecule has 1 aliphatic rings. The van der Waals surface area contributed by atoms with E-state index in [9.17, 15) is 0 Å². The summed E-state index contributed by atoms with van der Waals surface area (Å²) < 4.78 is 19.7. The zero-order valence-electron chi connectivity index (χ0n) is 32.0. The van der Waals surface area contributed by atoms with Crippen LogP contribution in [0.15, 0.2) is 219 Å². The van der Waals surface area contributed by atoms with Crippen molar-refractivity contribution in [1.82, 2.24) is 14.5 Å². The van der Waals surface area contributed by atoms with Crippen LogP contribution in [0.1, 0.15) is 17.3 Å². The summed E-state index contributed by atoms with van der Waals surface area (Å²) in [6.07, 6.45) is 2.23. The van der Waals surface area contributed by atoms with Gasteiger partial charge in [0.05, 0.1) is 16.7 Å². The summed E-state index contributed by atoms with van der Waals surface area (Å²) in [5.74, 6) is 0.773. The summed E-state index contributed by atoms with van der Waals surface area (Å²) in [5.41, 5.74) is 8.22. The van der Waals surface area contributed by atoms with E-state index in [1.54, 1.807) is 6.20 Å². The van der Waals surface area contributed by atoms with Crippen molar-refractivity contribution < 1.29 is 4.39 Å². The third-order valence-electron chi connectivity index (χ3n) is 11.8. The van der Waals surface area contributed by atoms with Crippen molar-refractivity contribution in [3.8, 4) is 16.9 Å². The third-order valence-corrected chi connectivity index (χ3v) is 16.7. The van der Waals surface area contributed by atoms with Gasteiger partial charge in [0.1, 0.15) is 5.82 Å². The number of para-hydroxylation sites is 2. The number of hydrogen-bond donors (Lipinski definition) is 0. The first-order valence-corrected chi connectivity index (χ1v) is 22.0. The predicted octanol–water partition coefficient (Wildman–Crippen LogP) is 10.5. The lowest BCUT2D eigenvalue weighted by molar-refractivity contribution is 0.402. The van der Waals surface area contributed by atoms with Crippen LogP contribution < -0.4 is 25.6 Å². The van der Waals surface area contributed by atoms with Crippen molar-refractivity contribution >= 4 is 67.8 Å². The van der Waals surface area contributed by atoms with Gasteiger partial charge >= 0.3 is 0 Å². The van der Waals surface area contributed by atoms with Crippen LogP contribution in [0.25, 0.3) is 38.8 Å². The Bertz CT molecular complexity index is 3080. The van der Waals surface area contributed by atoms with Gasteiger partial charge in [-0.25, -0.2) is 9.37 Å². The number of halogens is 1. The number of pyridine rings is 2. The van der Waals surface area contributed by atoms with E-state index < -0.39 is 14.2 Å². The Balaban J connectivity index is 1.26. The highest BCUT2D eigenvalue weighted by molar-refractivity contribution is 7.22. The monoisotopic (exact) mass is 776 g/mol. The van der Waals surface area contributed by atoms with E-state index in [4.69, 9.17) is 4.98 Å². The molecule has 0 N–H and O–H groups in total. The molecule has 6 heteroatoms. The Labute approximate surface area is 343 Å². The van der Waals surface area contributed by atoms with Crippen molar-refractivity contribution in [2.24, 2.45) is 0 Å². The van der Waals surface area contributed by atoms with E-state index in [-0.39, 0.29) is 0 Å². The summed E-state index contributed by atoms with van der Waals surface area (Å²) in [6, 6.07) is 71.8. The summed E-state index contributed by atoms with van der Waals surface area (Å²) in [7, 11) is -3.22. The second-order valence-electron chi connectivity index (χ2n) is 15.0. The Hall–Kier alpha value is -7.41. The van der Waals surface area contributed by atoms with Gasteiger partial charge in [-0.2, -0.15) is 0 Å². The molecule has 280 valence electrons. The summed E-state index contributed by atoms with van der Waals surface area (Å²) in [5, 5.41) is 7.37.